The first-order valence-corrected chi connectivity index (χ1v) is 36.8. The second kappa shape index (κ2) is 34.1. The zero-order valence-corrected chi connectivity index (χ0v) is 56.8. The Morgan fingerprint density at radius 3 is 1.18 bits per heavy atom. The summed E-state index contributed by atoms with van der Waals surface area (Å²) in [5.41, 5.74) is 10.3. The second-order valence-corrected chi connectivity index (χ2v) is 31.6. The zero-order valence-electron chi connectivity index (χ0n) is 55.0. The fourth-order valence-corrected chi connectivity index (χ4v) is 13.7. The molecule has 13 heteroatoms. The van der Waals surface area contributed by atoms with E-state index in [1.807, 2.05) is 127 Å². The van der Waals surface area contributed by atoms with Gasteiger partial charge in [0.15, 0.2) is 6.29 Å². The SMILES string of the molecule is Cc1ccc(-c2cccc(O[Si](C)(C)C(C)(C)C)c2)cc1SC[C@@H]1OC(COCc2ccccc2)[C@H](O[C@@H]2OC(COCc3ccccc3)[C@H](OCc3ccccc3)[C@H](OCc3ccccc3)C2OCc2ccccc2)[C@H](OCc2ccccc2)C1OCc1ccccc1. The van der Waals surface area contributed by atoms with Gasteiger partial charge < -0.3 is 51.8 Å². The van der Waals surface area contributed by atoms with Gasteiger partial charge in [0.2, 0.25) is 8.32 Å². The number of benzene rings is 9. The lowest BCUT2D eigenvalue weighted by Gasteiger charge is -2.50. The van der Waals surface area contributed by atoms with E-state index in [9.17, 15) is 0 Å². The molecule has 2 aliphatic heterocycles. The van der Waals surface area contributed by atoms with Crippen LogP contribution in [-0.4, -0.2) is 88.5 Å². The van der Waals surface area contributed by atoms with Crippen molar-refractivity contribution in [2.45, 2.75) is 158 Å². The van der Waals surface area contributed by atoms with E-state index in [1.165, 1.54) is 0 Å². The summed E-state index contributed by atoms with van der Waals surface area (Å²) in [5, 5.41) is 0.0536. The molecule has 0 amide bonds. The summed E-state index contributed by atoms with van der Waals surface area (Å²) in [6, 6.07) is 86.5. The van der Waals surface area contributed by atoms with Crippen LogP contribution < -0.4 is 4.43 Å². The Morgan fingerprint density at radius 1 is 0.372 bits per heavy atom. The van der Waals surface area contributed by atoms with Gasteiger partial charge in [-0.2, -0.15) is 0 Å². The minimum atomic E-state index is -2.10. The van der Waals surface area contributed by atoms with Gasteiger partial charge in [-0.15, -0.1) is 11.8 Å². The van der Waals surface area contributed by atoms with Crippen molar-refractivity contribution in [2.75, 3.05) is 19.0 Å². The summed E-state index contributed by atoms with van der Waals surface area (Å²) in [7, 11) is -2.10. The Labute approximate surface area is 562 Å². The van der Waals surface area contributed by atoms with Crippen molar-refractivity contribution in [1.82, 2.24) is 0 Å². The van der Waals surface area contributed by atoms with Crippen LogP contribution in [0.2, 0.25) is 18.1 Å². The molecule has 10 atom stereocenters. The summed E-state index contributed by atoms with van der Waals surface area (Å²) >= 11 is 1.74. The Hall–Kier alpha value is -7.05. The largest absolute Gasteiger partial charge is 0.543 e. The van der Waals surface area contributed by atoms with E-state index in [0.717, 1.165) is 66.3 Å². The van der Waals surface area contributed by atoms with E-state index in [0.29, 0.717) is 19.0 Å². The molecule has 11 nitrogen and oxygen atoms in total. The zero-order chi connectivity index (χ0) is 65.0. The first-order chi connectivity index (χ1) is 45.9. The molecule has 9 aromatic rings. The van der Waals surface area contributed by atoms with Crippen LogP contribution in [0.15, 0.2) is 260 Å². The maximum Gasteiger partial charge on any atom is 0.250 e. The third kappa shape index (κ3) is 19.3. The van der Waals surface area contributed by atoms with Crippen molar-refractivity contribution in [3.05, 3.63) is 299 Å². The molecule has 2 aliphatic rings. The molecule has 11 rings (SSSR count). The van der Waals surface area contributed by atoms with Crippen LogP contribution in [0.3, 0.4) is 0 Å². The summed E-state index contributed by atoms with van der Waals surface area (Å²) < 4.78 is 79.6. The quantitative estimate of drug-likeness (QED) is 0.0305. The van der Waals surface area contributed by atoms with Crippen LogP contribution in [0.1, 0.15) is 65.3 Å². The second-order valence-electron chi connectivity index (χ2n) is 25.8. The molecule has 0 bridgehead atoms. The van der Waals surface area contributed by atoms with Crippen LogP contribution in [0.25, 0.3) is 11.1 Å². The average molecular weight is 1300 g/mol. The van der Waals surface area contributed by atoms with Crippen molar-refractivity contribution in [2.24, 2.45) is 0 Å². The lowest BCUT2D eigenvalue weighted by Crippen LogP contribution is -2.66. The van der Waals surface area contributed by atoms with E-state index < -0.39 is 69.5 Å². The summed E-state index contributed by atoms with van der Waals surface area (Å²) in [6.45, 7) is 15.8. The van der Waals surface area contributed by atoms with Crippen molar-refractivity contribution in [3.8, 4) is 16.9 Å². The number of rotatable bonds is 31. The van der Waals surface area contributed by atoms with Crippen LogP contribution in [0.5, 0.6) is 5.75 Å². The van der Waals surface area contributed by atoms with Gasteiger partial charge in [0.1, 0.15) is 54.6 Å². The topological polar surface area (TPSA) is 102 Å². The highest BCUT2D eigenvalue weighted by molar-refractivity contribution is 7.99. The first kappa shape index (κ1) is 68.3. The van der Waals surface area contributed by atoms with Gasteiger partial charge >= 0.3 is 0 Å². The monoisotopic (exact) mass is 1300 g/mol. The number of hydrogen-bond donors (Lipinski definition) is 0. The van der Waals surface area contributed by atoms with Gasteiger partial charge in [0.05, 0.1) is 65.6 Å². The van der Waals surface area contributed by atoms with Crippen LogP contribution in [-0.2, 0) is 93.6 Å². The summed E-state index contributed by atoms with van der Waals surface area (Å²) in [4.78, 5) is 1.12. The number of aryl methyl sites for hydroxylation is 1. The molecule has 2 heterocycles. The molecular weight excluding hydrogens is 1210 g/mol. The van der Waals surface area contributed by atoms with E-state index in [-0.39, 0.29) is 51.3 Å². The minimum absolute atomic E-state index is 0.0536. The van der Waals surface area contributed by atoms with Crippen molar-refractivity contribution >= 4 is 20.1 Å². The van der Waals surface area contributed by atoms with Crippen LogP contribution in [0.4, 0.5) is 0 Å². The third-order valence-corrected chi connectivity index (χ3v) is 23.4. The lowest BCUT2D eigenvalue weighted by molar-refractivity contribution is -0.362. The van der Waals surface area contributed by atoms with Gasteiger partial charge in [-0.1, -0.05) is 257 Å². The molecule has 94 heavy (non-hydrogen) atoms. The van der Waals surface area contributed by atoms with E-state index in [1.54, 1.807) is 11.8 Å². The fourth-order valence-electron chi connectivity index (χ4n) is 11.5. The van der Waals surface area contributed by atoms with Gasteiger partial charge in [-0.05, 0) is 98.9 Å². The molecule has 9 aromatic carbocycles. The predicted octanol–water partition coefficient (Wildman–Crippen LogP) is 17.4. The van der Waals surface area contributed by atoms with Gasteiger partial charge in [0, 0.05) is 10.6 Å². The Balaban J connectivity index is 0.991. The highest BCUT2D eigenvalue weighted by Crippen LogP contribution is 2.41. The lowest BCUT2D eigenvalue weighted by atomic mass is 9.93. The van der Waals surface area contributed by atoms with Crippen LogP contribution in [0, 0.1) is 6.92 Å². The number of ether oxygens (including phenoxy) is 10. The molecule has 0 spiro atoms. The van der Waals surface area contributed by atoms with Crippen LogP contribution >= 0.6 is 11.8 Å². The molecule has 0 N–H and O–H groups in total. The Kier molecular flexibility index (Phi) is 24.8. The third-order valence-electron chi connectivity index (χ3n) is 17.8. The Morgan fingerprint density at radius 2 is 0.745 bits per heavy atom. The molecule has 0 saturated carbocycles. The van der Waals surface area contributed by atoms with E-state index >= 15 is 0 Å². The number of hydrogen-bond acceptors (Lipinski definition) is 12. The molecule has 0 aromatic heterocycles. The summed E-state index contributed by atoms with van der Waals surface area (Å²) in [5.74, 6) is 1.39. The summed E-state index contributed by atoms with van der Waals surface area (Å²) in [6.07, 6.45) is -7.82. The predicted molar refractivity (Wildman–Crippen MR) is 375 cm³/mol. The van der Waals surface area contributed by atoms with E-state index in [2.05, 4.69) is 168 Å². The highest BCUT2D eigenvalue weighted by atomic mass is 32.2. The number of thioether (sulfide) groups is 1. The van der Waals surface area contributed by atoms with Crippen molar-refractivity contribution in [1.29, 1.82) is 0 Å². The van der Waals surface area contributed by atoms with Gasteiger partial charge in [0.25, 0.3) is 0 Å². The van der Waals surface area contributed by atoms with E-state index in [4.69, 9.17) is 51.8 Å². The normalized spacial score (nSPS) is 21.6. The first-order valence-electron chi connectivity index (χ1n) is 32.9. The van der Waals surface area contributed by atoms with Gasteiger partial charge in [-0.3, -0.25) is 0 Å². The minimum Gasteiger partial charge on any atom is -0.543 e. The molecular formula is C81H90O11SSi. The fraction of sp³-hybridized carbons (Fsp3) is 0.333. The molecule has 0 aliphatic carbocycles. The smallest absolute Gasteiger partial charge is 0.250 e. The molecule has 2 saturated heterocycles. The standard InChI is InChI=1S/C81H90O11SSi/c1-59-45-46-68(67-43-28-44-69(47-67)92-94(5,6)81(2,3)4)48-73(59)93-58-72-75(85-52-63-35-20-10-21-36-63)77(86-53-64-37-22-11-23-38-64)76(71(89-72)57-83-50-61-31-16-8-17-32-61)91-80-79(88-55-66-41-26-13-27-42-66)78(87-54-65-39-24-12-25-40-65)74(84-51-62-33-18-9-19-34-62)70(90-80)56-82-49-60-29-14-7-15-30-60/h7-48,70-72,74-80H,49-58H2,1-6H3/t70?,71?,72-,74-,75?,76-,77+,78-,79?,80-/m0/s1. The molecule has 490 valence electrons. The maximum absolute atomic E-state index is 7.81. The molecule has 4 unspecified atom stereocenters. The average Bonchev–Trinajstić information content (AvgIpc) is 0.799. The highest BCUT2D eigenvalue weighted by Gasteiger charge is 2.54. The molecule has 0 radical (unpaired) electrons. The van der Waals surface area contributed by atoms with Crippen molar-refractivity contribution in [3.63, 3.8) is 0 Å². The maximum atomic E-state index is 7.81. The molecule has 2 fully saturated rings. The van der Waals surface area contributed by atoms with Gasteiger partial charge in [-0.25, -0.2) is 0 Å². The Bertz CT molecular complexity index is 3640. The van der Waals surface area contributed by atoms with Crippen molar-refractivity contribution < 1.29 is 51.8 Å².